The summed E-state index contributed by atoms with van der Waals surface area (Å²) in [5.41, 5.74) is 4.69. The molecule has 0 amide bonds. The number of hydrogen-bond donors (Lipinski definition) is 1. The molecule has 1 aliphatic rings. The highest BCUT2D eigenvalue weighted by Crippen LogP contribution is 2.41. The van der Waals surface area contributed by atoms with Crippen LogP contribution >= 0.6 is 0 Å². The zero-order valence-corrected chi connectivity index (χ0v) is 21.8. The number of piperidine rings is 1. The predicted octanol–water partition coefficient (Wildman–Crippen LogP) is 7.20. The highest BCUT2D eigenvalue weighted by atomic mass is 19.1. The lowest BCUT2D eigenvalue weighted by Gasteiger charge is -2.31. The Hall–Kier alpha value is -3.71. The van der Waals surface area contributed by atoms with E-state index in [4.69, 9.17) is 9.47 Å². The topological polar surface area (TPSA) is 50.4 Å². The van der Waals surface area contributed by atoms with E-state index in [1.165, 1.54) is 24.3 Å². The van der Waals surface area contributed by atoms with Gasteiger partial charge < -0.3 is 14.5 Å². The summed E-state index contributed by atoms with van der Waals surface area (Å²) in [6, 6.07) is 17.1. The Labute approximate surface area is 222 Å². The highest BCUT2D eigenvalue weighted by molar-refractivity contribution is 5.77. The lowest BCUT2D eigenvalue weighted by atomic mass is 9.95. The van der Waals surface area contributed by atoms with Crippen LogP contribution in [0.1, 0.15) is 44.0 Å². The fourth-order valence-electron chi connectivity index (χ4n) is 5.12. The molecular weight excluding hydrogens is 484 g/mol. The maximum absolute atomic E-state index is 13.6. The van der Waals surface area contributed by atoms with Crippen molar-refractivity contribution in [1.82, 2.24) is 14.9 Å². The van der Waals surface area contributed by atoms with E-state index >= 15 is 0 Å². The minimum atomic E-state index is -0.272. The molecule has 5 rings (SSSR count). The average molecular weight is 518 g/mol. The van der Waals surface area contributed by atoms with Gasteiger partial charge in [0.25, 0.3) is 0 Å². The van der Waals surface area contributed by atoms with Crippen molar-refractivity contribution >= 4 is 0 Å². The third kappa shape index (κ3) is 5.89. The van der Waals surface area contributed by atoms with E-state index in [2.05, 4.69) is 27.0 Å². The summed E-state index contributed by atoms with van der Waals surface area (Å²) in [5, 5.41) is 0. The van der Waals surface area contributed by atoms with Gasteiger partial charge in [-0.2, -0.15) is 0 Å². The Morgan fingerprint density at radius 2 is 1.39 bits per heavy atom. The SMILES string of the molecule is CCOc1cc(CN2CCC(c3ncc(-c4ccc(F)cc4)[nH]3)CC2)cc(OCC)c1-c1ccc(F)cc1. The first-order valence-electron chi connectivity index (χ1n) is 13.3. The molecule has 1 aromatic heterocycles. The molecule has 0 radical (unpaired) electrons. The summed E-state index contributed by atoms with van der Waals surface area (Å²) in [7, 11) is 0. The van der Waals surface area contributed by atoms with E-state index < -0.39 is 0 Å². The average Bonchev–Trinajstić information content (AvgIpc) is 3.41. The first-order valence-corrected chi connectivity index (χ1v) is 13.3. The van der Waals surface area contributed by atoms with Crippen LogP contribution < -0.4 is 9.47 Å². The zero-order chi connectivity index (χ0) is 26.5. The number of nitrogens with zero attached hydrogens (tertiary/aromatic N) is 2. The fraction of sp³-hybridized carbons (Fsp3) is 0.323. The van der Waals surface area contributed by atoms with Crippen LogP contribution in [0.15, 0.2) is 66.9 Å². The molecule has 0 unspecified atom stereocenters. The van der Waals surface area contributed by atoms with E-state index in [9.17, 15) is 8.78 Å². The number of H-pyrrole nitrogens is 1. The third-order valence-electron chi connectivity index (χ3n) is 6.99. The minimum absolute atomic E-state index is 0.243. The molecule has 5 nitrogen and oxygen atoms in total. The van der Waals surface area contributed by atoms with Crippen molar-refractivity contribution in [2.24, 2.45) is 0 Å². The second kappa shape index (κ2) is 11.8. The fourth-order valence-corrected chi connectivity index (χ4v) is 5.12. The van der Waals surface area contributed by atoms with Gasteiger partial charge >= 0.3 is 0 Å². The summed E-state index contributed by atoms with van der Waals surface area (Å²) in [6.45, 7) is 7.66. The van der Waals surface area contributed by atoms with Crippen LogP contribution in [0.25, 0.3) is 22.4 Å². The maximum Gasteiger partial charge on any atom is 0.131 e. The van der Waals surface area contributed by atoms with Gasteiger partial charge in [0.2, 0.25) is 0 Å². The van der Waals surface area contributed by atoms with Crippen molar-refractivity contribution in [3.63, 3.8) is 0 Å². The largest absolute Gasteiger partial charge is 0.493 e. The molecule has 4 aromatic rings. The van der Waals surface area contributed by atoms with Gasteiger partial charge in [-0.25, -0.2) is 13.8 Å². The molecule has 7 heteroatoms. The smallest absolute Gasteiger partial charge is 0.131 e. The molecule has 1 aliphatic heterocycles. The number of halogens is 2. The van der Waals surface area contributed by atoms with Crippen LogP contribution in [-0.4, -0.2) is 41.2 Å². The number of hydrogen-bond acceptors (Lipinski definition) is 4. The number of benzene rings is 3. The lowest BCUT2D eigenvalue weighted by molar-refractivity contribution is 0.201. The number of aromatic nitrogens is 2. The van der Waals surface area contributed by atoms with Gasteiger partial charge in [0.05, 0.1) is 30.7 Å². The summed E-state index contributed by atoms with van der Waals surface area (Å²) in [6.07, 6.45) is 3.84. The molecular formula is C31H33F2N3O2. The van der Waals surface area contributed by atoms with Gasteiger partial charge in [-0.1, -0.05) is 12.1 Å². The summed E-state index contributed by atoms with van der Waals surface area (Å²) < 4.78 is 38.9. The van der Waals surface area contributed by atoms with E-state index in [-0.39, 0.29) is 11.6 Å². The van der Waals surface area contributed by atoms with Crippen molar-refractivity contribution in [3.8, 4) is 33.9 Å². The van der Waals surface area contributed by atoms with Crippen LogP contribution in [0.2, 0.25) is 0 Å². The van der Waals surface area contributed by atoms with E-state index in [0.717, 1.165) is 77.7 Å². The number of nitrogens with one attached hydrogen (secondary N) is 1. The second-order valence-corrected chi connectivity index (χ2v) is 9.58. The Balaban J connectivity index is 1.29. The van der Waals surface area contributed by atoms with Crippen LogP contribution in [0.5, 0.6) is 11.5 Å². The predicted molar refractivity (Wildman–Crippen MR) is 145 cm³/mol. The number of aromatic amines is 1. The first-order chi connectivity index (χ1) is 18.5. The van der Waals surface area contributed by atoms with Gasteiger partial charge in [-0.15, -0.1) is 0 Å². The van der Waals surface area contributed by atoms with Crippen molar-refractivity contribution in [2.75, 3.05) is 26.3 Å². The molecule has 1 saturated heterocycles. The van der Waals surface area contributed by atoms with Crippen LogP contribution in [0, 0.1) is 11.6 Å². The molecule has 3 aromatic carbocycles. The second-order valence-electron chi connectivity index (χ2n) is 9.58. The normalized spacial score (nSPS) is 14.5. The van der Waals surface area contributed by atoms with Crippen molar-refractivity contribution in [2.45, 2.75) is 39.2 Å². The standard InChI is InChI=1S/C31H33F2N3O2/c1-3-37-28-17-21(18-29(38-4-2)30(28)23-7-11-26(33)12-8-23)20-36-15-13-24(14-16-36)31-34-19-27(35-31)22-5-9-25(32)10-6-22/h5-12,17-19,24H,3-4,13-16,20H2,1-2H3,(H,34,35). The number of ether oxygens (including phenoxy) is 2. The van der Waals surface area contributed by atoms with Gasteiger partial charge in [-0.3, -0.25) is 4.90 Å². The van der Waals surface area contributed by atoms with Crippen molar-refractivity contribution < 1.29 is 18.3 Å². The quantitative estimate of drug-likeness (QED) is 0.255. The van der Waals surface area contributed by atoms with Crippen LogP contribution in [0.4, 0.5) is 8.78 Å². The molecule has 1 N–H and O–H groups in total. The Morgan fingerprint density at radius 1 is 0.842 bits per heavy atom. The monoisotopic (exact) mass is 517 g/mol. The van der Waals surface area contributed by atoms with E-state index in [0.29, 0.717) is 19.1 Å². The Kier molecular flexibility index (Phi) is 8.03. The zero-order valence-electron chi connectivity index (χ0n) is 21.8. The lowest BCUT2D eigenvalue weighted by Crippen LogP contribution is -2.32. The molecule has 0 bridgehead atoms. The van der Waals surface area contributed by atoms with Gasteiger partial charge in [0.15, 0.2) is 0 Å². The molecule has 198 valence electrons. The molecule has 0 spiro atoms. The molecule has 0 atom stereocenters. The molecule has 1 fully saturated rings. The summed E-state index contributed by atoms with van der Waals surface area (Å²) >= 11 is 0. The van der Waals surface area contributed by atoms with Crippen LogP contribution in [-0.2, 0) is 6.54 Å². The molecule has 0 saturated carbocycles. The number of rotatable bonds is 9. The van der Waals surface area contributed by atoms with E-state index in [1.807, 2.05) is 20.0 Å². The Morgan fingerprint density at radius 3 is 1.95 bits per heavy atom. The number of likely N-dealkylation sites (tertiary alicyclic amines) is 1. The van der Waals surface area contributed by atoms with Crippen molar-refractivity contribution in [1.29, 1.82) is 0 Å². The van der Waals surface area contributed by atoms with Gasteiger partial charge in [0, 0.05) is 12.5 Å². The van der Waals surface area contributed by atoms with E-state index in [1.54, 1.807) is 24.3 Å². The van der Waals surface area contributed by atoms with Gasteiger partial charge in [-0.05, 0) is 105 Å². The Bertz CT molecular complexity index is 1320. The molecule has 38 heavy (non-hydrogen) atoms. The summed E-state index contributed by atoms with van der Waals surface area (Å²) in [4.78, 5) is 10.5. The minimum Gasteiger partial charge on any atom is -0.493 e. The molecule has 0 aliphatic carbocycles. The third-order valence-corrected chi connectivity index (χ3v) is 6.99. The molecule has 2 heterocycles. The number of imidazole rings is 1. The first kappa shape index (κ1) is 25.9. The van der Waals surface area contributed by atoms with Crippen LogP contribution in [0.3, 0.4) is 0 Å². The summed E-state index contributed by atoms with van der Waals surface area (Å²) in [5.74, 6) is 2.33. The maximum atomic E-state index is 13.6. The highest BCUT2D eigenvalue weighted by Gasteiger charge is 2.24. The van der Waals surface area contributed by atoms with Gasteiger partial charge in [0.1, 0.15) is 29.0 Å². The van der Waals surface area contributed by atoms with Crippen molar-refractivity contribution in [3.05, 3.63) is 89.9 Å².